The number of carbonyl (C=O) groups is 1. The Morgan fingerprint density at radius 1 is 1.22 bits per heavy atom. The second-order valence-corrected chi connectivity index (χ2v) is 6.85. The highest BCUT2D eigenvalue weighted by Crippen LogP contribution is 2.24. The summed E-state index contributed by atoms with van der Waals surface area (Å²) in [5.74, 6) is 7.68. The summed E-state index contributed by atoms with van der Waals surface area (Å²) in [7, 11) is 0. The summed E-state index contributed by atoms with van der Waals surface area (Å²) >= 11 is 1.63. The average Bonchev–Trinajstić information content (AvgIpc) is 2.98. The number of halogens is 1. The highest BCUT2D eigenvalue weighted by atomic mass is 32.2. The maximum absolute atomic E-state index is 13.2. The Labute approximate surface area is 140 Å². The second-order valence-electron chi connectivity index (χ2n) is 5.90. The van der Waals surface area contributed by atoms with E-state index in [0.717, 1.165) is 42.2 Å². The predicted octanol–water partition coefficient (Wildman–Crippen LogP) is 1.27. The number of hydrogen-bond donors (Lipinski definition) is 1. The van der Waals surface area contributed by atoms with Crippen molar-refractivity contribution in [1.82, 2.24) is 14.7 Å². The molecule has 2 fully saturated rings. The average molecular weight is 334 g/mol. The first kappa shape index (κ1) is 16.3. The van der Waals surface area contributed by atoms with Crippen LogP contribution in [0.25, 0.3) is 0 Å². The van der Waals surface area contributed by atoms with E-state index in [0.29, 0.717) is 18.8 Å². The van der Waals surface area contributed by atoms with Crippen molar-refractivity contribution < 1.29 is 9.18 Å². The first-order valence-electron chi connectivity index (χ1n) is 7.84. The second kappa shape index (κ2) is 7.35. The highest BCUT2D eigenvalue weighted by molar-refractivity contribution is 8.00. The van der Waals surface area contributed by atoms with Crippen molar-refractivity contribution in [2.24, 2.45) is 0 Å². The SMILES string of the molecule is O=C1CSCN1CC#CC[N+]1(c2ccc(F)cc2)CCNCC1. The summed E-state index contributed by atoms with van der Waals surface area (Å²) in [5, 5.41) is 3.37. The number of quaternary nitrogens is 1. The fourth-order valence-electron chi connectivity index (χ4n) is 2.99. The molecule has 0 unspecified atom stereocenters. The van der Waals surface area contributed by atoms with E-state index in [2.05, 4.69) is 17.2 Å². The lowest BCUT2D eigenvalue weighted by atomic mass is 10.2. The minimum atomic E-state index is -0.210. The summed E-state index contributed by atoms with van der Waals surface area (Å²) in [6.07, 6.45) is 0. The molecule has 2 heterocycles. The molecule has 3 rings (SSSR count). The zero-order chi connectivity index (χ0) is 16.1. The molecule has 0 bridgehead atoms. The molecule has 2 saturated heterocycles. The molecule has 1 N–H and O–H groups in total. The highest BCUT2D eigenvalue weighted by Gasteiger charge is 2.31. The normalized spacial score (nSPS) is 20.2. The van der Waals surface area contributed by atoms with Crippen LogP contribution in [0.1, 0.15) is 0 Å². The Hall–Kier alpha value is -1.55. The van der Waals surface area contributed by atoms with E-state index in [1.54, 1.807) is 16.7 Å². The van der Waals surface area contributed by atoms with E-state index in [4.69, 9.17) is 0 Å². The number of benzene rings is 1. The van der Waals surface area contributed by atoms with Crippen LogP contribution in [0.4, 0.5) is 10.1 Å². The predicted molar refractivity (Wildman–Crippen MR) is 92.5 cm³/mol. The van der Waals surface area contributed by atoms with Crippen molar-refractivity contribution in [1.29, 1.82) is 0 Å². The Kier molecular flexibility index (Phi) is 5.21. The molecule has 1 amide bonds. The van der Waals surface area contributed by atoms with Crippen molar-refractivity contribution in [2.75, 3.05) is 50.9 Å². The van der Waals surface area contributed by atoms with Crippen LogP contribution >= 0.6 is 11.8 Å². The van der Waals surface area contributed by atoms with Crippen LogP contribution in [-0.4, -0.2) is 61.7 Å². The van der Waals surface area contributed by atoms with Crippen molar-refractivity contribution in [3.8, 4) is 11.8 Å². The molecule has 0 radical (unpaired) electrons. The summed E-state index contributed by atoms with van der Waals surface area (Å²) < 4.78 is 14.0. The molecule has 0 aromatic heterocycles. The molecule has 0 saturated carbocycles. The Morgan fingerprint density at radius 3 is 2.61 bits per heavy atom. The van der Waals surface area contributed by atoms with Gasteiger partial charge in [0, 0.05) is 25.2 Å². The van der Waals surface area contributed by atoms with Gasteiger partial charge in [-0.05, 0) is 18.1 Å². The number of rotatable bonds is 3. The number of nitrogens with one attached hydrogen (secondary N) is 1. The Morgan fingerprint density at radius 2 is 1.96 bits per heavy atom. The summed E-state index contributed by atoms with van der Waals surface area (Å²) in [6, 6.07) is 6.77. The van der Waals surface area contributed by atoms with E-state index in [-0.39, 0.29) is 11.7 Å². The van der Waals surface area contributed by atoms with Crippen molar-refractivity contribution >= 4 is 23.4 Å². The number of piperazine rings is 1. The van der Waals surface area contributed by atoms with Crippen molar-refractivity contribution in [2.45, 2.75) is 0 Å². The fourth-order valence-corrected chi connectivity index (χ4v) is 3.89. The molecule has 0 atom stereocenters. The van der Waals surface area contributed by atoms with Crippen molar-refractivity contribution in [3.05, 3.63) is 30.1 Å². The van der Waals surface area contributed by atoms with Gasteiger partial charge < -0.3 is 10.2 Å². The van der Waals surface area contributed by atoms with Gasteiger partial charge in [-0.2, -0.15) is 0 Å². The minimum absolute atomic E-state index is 0.175. The zero-order valence-corrected chi connectivity index (χ0v) is 13.9. The van der Waals surface area contributed by atoms with Crippen LogP contribution in [0.15, 0.2) is 24.3 Å². The van der Waals surface area contributed by atoms with Crippen LogP contribution in [0.3, 0.4) is 0 Å². The summed E-state index contributed by atoms with van der Waals surface area (Å²) in [5.41, 5.74) is 1.11. The molecule has 1 aromatic carbocycles. The molecular weight excluding hydrogens is 313 g/mol. The topological polar surface area (TPSA) is 32.3 Å². The van der Waals surface area contributed by atoms with Gasteiger partial charge in [0.2, 0.25) is 5.91 Å². The van der Waals surface area contributed by atoms with Gasteiger partial charge >= 0.3 is 0 Å². The molecule has 0 spiro atoms. The van der Waals surface area contributed by atoms with E-state index in [1.807, 2.05) is 12.1 Å². The smallest absolute Gasteiger partial charge is 0.234 e. The third-order valence-corrected chi connectivity index (χ3v) is 5.35. The first-order chi connectivity index (χ1) is 11.2. The minimum Gasteiger partial charge on any atom is -0.322 e. The van der Waals surface area contributed by atoms with Gasteiger partial charge in [0.25, 0.3) is 0 Å². The lowest BCUT2D eigenvalue weighted by Gasteiger charge is -2.39. The summed E-state index contributed by atoms with van der Waals surface area (Å²) in [4.78, 5) is 13.4. The molecule has 0 aliphatic carbocycles. The lowest BCUT2D eigenvalue weighted by Crippen LogP contribution is -2.60. The number of nitrogens with zero attached hydrogens (tertiary/aromatic N) is 2. The van der Waals surface area contributed by atoms with Crippen LogP contribution in [0.5, 0.6) is 0 Å². The largest absolute Gasteiger partial charge is 0.322 e. The van der Waals surface area contributed by atoms with Crippen molar-refractivity contribution in [3.63, 3.8) is 0 Å². The van der Waals surface area contributed by atoms with Gasteiger partial charge in [0.05, 0.1) is 31.3 Å². The quantitative estimate of drug-likeness (QED) is 0.667. The standard InChI is InChI=1S/C17H21FN3OS/c18-15-3-5-16(6-4-15)21(11-7-19-8-12-21)10-2-1-9-20-14-23-13-17(20)22/h3-6,19H,7-14H2/q+1. The van der Waals surface area contributed by atoms with Crippen LogP contribution in [-0.2, 0) is 4.79 Å². The molecule has 1 aromatic rings. The van der Waals surface area contributed by atoms with Gasteiger partial charge in [-0.3, -0.25) is 9.28 Å². The van der Waals surface area contributed by atoms with Crippen LogP contribution in [0.2, 0.25) is 0 Å². The Balaban J connectivity index is 1.70. The molecule has 122 valence electrons. The van der Waals surface area contributed by atoms with Gasteiger partial charge in [0.15, 0.2) is 0 Å². The van der Waals surface area contributed by atoms with Crippen LogP contribution < -0.4 is 9.80 Å². The van der Waals surface area contributed by atoms with Gasteiger partial charge in [-0.1, -0.05) is 5.92 Å². The van der Waals surface area contributed by atoms with E-state index in [1.165, 1.54) is 12.1 Å². The third kappa shape index (κ3) is 3.86. The first-order valence-corrected chi connectivity index (χ1v) is 8.99. The van der Waals surface area contributed by atoms with Crippen LogP contribution in [0, 0.1) is 17.7 Å². The number of carbonyl (C=O) groups excluding carboxylic acids is 1. The number of hydrogen-bond acceptors (Lipinski definition) is 3. The third-order valence-electron chi connectivity index (χ3n) is 4.41. The maximum atomic E-state index is 13.2. The van der Waals surface area contributed by atoms with Gasteiger partial charge in [-0.25, -0.2) is 4.39 Å². The molecule has 2 aliphatic heterocycles. The lowest BCUT2D eigenvalue weighted by molar-refractivity contribution is -0.126. The van der Waals surface area contributed by atoms with Gasteiger partial charge in [0.1, 0.15) is 18.0 Å². The molecule has 23 heavy (non-hydrogen) atoms. The Bertz CT molecular complexity index is 617. The number of amides is 1. The molecular formula is C17H21FN3OS+. The fraction of sp³-hybridized carbons (Fsp3) is 0.471. The molecule has 4 nitrogen and oxygen atoms in total. The maximum Gasteiger partial charge on any atom is 0.234 e. The molecule has 6 heteroatoms. The number of thioether (sulfide) groups is 1. The monoisotopic (exact) mass is 334 g/mol. The molecule has 2 aliphatic rings. The summed E-state index contributed by atoms with van der Waals surface area (Å²) in [6.45, 7) is 4.95. The van der Waals surface area contributed by atoms with E-state index in [9.17, 15) is 9.18 Å². The van der Waals surface area contributed by atoms with E-state index >= 15 is 0 Å². The van der Waals surface area contributed by atoms with Gasteiger partial charge in [-0.15, -0.1) is 11.8 Å². The van der Waals surface area contributed by atoms with E-state index < -0.39 is 0 Å². The zero-order valence-electron chi connectivity index (χ0n) is 13.1.